The minimum atomic E-state index is -3.12. The van der Waals surface area contributed by atoms with Gasteiger partial charge in [0.25, 0.3) is 0 Å². The largest absolute Gasteiger partial charge is 0.395 e. The molecule has 0 aromatic heterocycles. The van der Waals surface area contributed by atoms with Gasteiger partial charge in [0.05, 0.1) is 30.3 Å². The van der Waals surface area contributed by atoms with Gasteiger partial charge in [-0.1, -0.05) is 0 Å². The minimum absolute atomic E-state index is 0.00463. The van der Waals surface area contributed by atoms with Crippen LogP contribution in [-0.2, 0) is 9.84 Å². The van der Waals surface area contributed by atoms with Crippen LogP contribution in [0.3, 0.4) is 0 Å². The highest BCUT2D eigenvalue weighted by Gasteiger charge is 2.42. The van der Waals surface area contributed by atoms with Crippen LogP contribution in [-0.4, -0.2) is 79.5 Å². The van der Waals surface area contributed by atoms with E-state index in [0.29, 0.717) is 6.54 Å². The van der Waals surface area contributed by atoms with Crippen LogP contribution in [0.25, 0.3) is 0 Å². The Balaban J connectivity index is 2.07. The van der Waals surface area contributed by atoms with Crippen LogP contribution in [0.15, 0.2) is 0 Å². The molecule has 2 aliphatic rings. The number of hydrogen-bond acceptors (Lipinski definition) is 6. The van der Waals surface area contributed by atoms with Crippen molar-refractivity contribution in [3.63, 3.8) is 0 Å². The van der Waals surface area contributed by atoms with Crippen molar-refractivity contribution < 1.29 is 18.6 Å². The second-order valence-corrected chi connectivity index (χ2v) is 6.64. The fourth-order valence-electron chi connectivity index (χ4n) is 2.37. The number of rotatable bonds is 4. The zero-order valence-electron chi connectivity index (χ0n) is 9.04. The molecule has 2 heterocycles. The van der Waals surface area contributed by atoms with E-state index >= 15 is 0 Å². The van der Waals surface area contributed by atoms with E-state index in [2.05, 4.69) is 5.32 Å². The Kier molecular flexibility index (Phi) is 3.50. The molecule has 2 saturated heterocycles. The summed E-state index contributed by atoms with van der Waals surface area (Å²) in [6.45, 7) is 2.00. The molecule has 0 spiro atoms. The molecule has 2 atom stereocenters. The average molecular weight is 250 g/mol. The number of aliphatic hydroxyl groups is 2. The van der Waals surface area contributed by atoms with Gasteiger partial charge in [0.1, 0.15) is 0 Å². The van der Waals surface area contributed by atoms with Crippen molar-refractivity contribution in [1.82, 2.24) is 10.2 Å². The standard InChI is InChI=1S/C9H18N2O4S/c12-2-1-11(7-3-10-4-7)8-5-16(14,15)6-9(8)13/h7-10,12-13H,1-6H2/t8-,9-/m1/s1. The van der Waals surface area contributed by atoms with E-state index in [1.807, 2.05) is 4.90 Å². The molecule has 0 bridgehead atoms. The molecule has 2 aliphatic heterocycles. The summed E-state index contributed by atoms with van der Waals surface area (Å²) in [4.78, 5) is 1.92. The predicted octanol–water partition coefficient (Wildman–Crippen LogP) is -2.59. The van der Waals surface area contributed by atoms with Crippen molar-refractivity contribution in [2.24, 2.45) is 0 Å². The molecule has 0 aromatic rings. The summed E-state index contributed by atoms with van der Waals surface area (Å²) in [5.74, 6) is -0.148. The Labute approximate surface area is 95.2 Å². The maximum Gasteiger partial charge on any atom is 0.154 e. The van der Waals surface area contributed by atoms with Crippen molar-refractivity contribution in [2.75, 3.05) is 37.7 Å². The normalized spacial score (nSPS) is 34.2. The quantitative estimate of drug-likeness (QED) is 0.507. The maximum atomic E-state index is 11.4. The van der Waals surface area contributed by atoms with Gasteiger partial charge in [0.2, 0.25) is 0 Å². The molecule has 7 heteroatoms. The van der Waals surface area contributed by atoms with Crippen molar-refractivity contribution in [1.29, 1.82) is 0 Å². The molecule has 94 valence electrons. The zero-order valence-corrected chi connectivity index (χ0v) is 9.86. The van der Waals surface area contributed by atoms with Gasteiger partial charge in [-0.15, -0.1) is 0 Å². The van der Waals surface area contributed by atoms with Crippen LogP contribution >= 0.6 is 0 Å². The van der Waals surface area contributed by atoms with E-state index < -0.39 is 15.9 Å². The van der Waals surface area contributed by atoms with Gasteiger partial charge < -0.3 is 15.5 Å². The van der Waals surface area contributed by atoms with Crippen molar-refractivity contribution in [3.8, 4) is 0 Å². The number of hydrogen-bond donors (Lipinski definition) is 3. The van der Waals surface area contributed by atoms with Gasteiger partial charge >= 0.3 is 0 Å². The summed E-state index contributed by atoms with van der Waals surface area (Å²) in [7, 11) is -3.12. The first kappa shape index (κ1) is 12.3. The van der Waals surface area contributed by atoms with Crippen LogP contribution in [0.4, 0.5) is 0 Å². The SMILES string of the molecule is O=S1(=O)C[C@@H](O)[C@H](N(CCO)C2CNC2)C1. The van der Waals surface area contributed by atoms with Crippen molar-refractivity contribution in [3.05, 3.63) is 0 Å². The van der Waals surface area contributed by atoms with Crippen molar-refractivity contribution >= 4 is 9.84 Å². The second kappa shape index (κ2) is 4.58. The Bertz CT molecular complexity index is 341. The Morgan fingerprint density at radius 3 is 2.38 bits per heavy atom. The van der Waals surface area contributed by atoms with Crippen LogP contribution in [0.1, 0.15) is 0 Å². The Morgan fingerprint density at radius 2 is 2.00 bits per heavy atom. The summed E-state index contributed by atoms with van der Waals surface area (Å²) in [5.41, 5.74) is 0. The third-order valence-corrected chi connectivity index (χ3v) is 5.01. The molecule has 0 unspecified atom stereocenters. The smallest absolute Gasteiger partial charge is 0.154 e. The lowest BCUT2D eigenvalue weighted by molar-refractivity contribution is 0.0247. The van der Waals surface area contributed by atoms with Crippen LogP contribution in [0.5, 0.6) is 0 Å². The van der Waals surface area contributed by atoms with Crippen LogP contribution in [0, 0.1) is 0 Å². The van der Waals surface area contributed by atoms with E-state index in [-0.39, 0.29) is 30.2 Å². The van der Waals surface area contributed by atoms with E-state index in [1.54, 1.807) is 0 Å². The van der Waals surface area contributed by atoms with Crippen LogP contribution < -0.4 is 5.32 Å². The summed E-state index contributed by atoms with van der Waals surface area (Å²) >= 11 is 0. The summed E-state index contributed by atoms with van der Waals surface area (Å²) in [6.07, 6.45) is -0.822. The minimum Gasteiger partial charge on any atom is -0.395 e. The number of aliphatic hydroxyl groups excluding tert-OH is 2. The fourth-order valence-corrected chi connectivity index (χ4v) is 4.18. The van der Waals surface area contributed by atoms with Crippen LogP contribution in [0.2, 0.25) is 0 Å². The lowest BCUT2D eigenvalue weighted by Crippen LogP contribution is -2.62. The predicted molar refractivity (Wildman–Crippen MR) is 58.9 cm³/mol. The molecule has 0 aliphatic carbocycles. The lowest BCUT2D eigenvalue weighted by Gasteiger charge is -2.42. The molecule has 3 N–H and O–H groups in total. The Morgan fingerprint density at radius 1 is 1.31 bits per heavy atom. The van der Waals surface area contributed by atoms with Gasteiger partial charge in [0, 0.05) is 25.7 Å². The highest BCUT2D eigenvalue weighted by Crippen LogP contribution is 2.21. The number of nitrogens with one attached hydrogen (secondary N) is 1. The summed E-state index contributed by atoms with van der Waals surface area (Å²) < 4.78 is 22.8. The Hall–Kier alpha value is -0.210. The highest BCUT2D eigenvalue weighted by atomic mass is 32.2. The fraction of sp³-hybridized carbons (Fsp3) is 1.00. The molecule has 0 aromatic carbocycles. The maximum absolute atomic E-state index is 11.4. The van der Waals surface area contributed by atoms with Gasteiger partial charge in [0.15, 0.2) is 9.84 Å². The van der Waals surface area contributed by atoms with Gasteiger partial charge in [-0.2, -0.15) is 0 Å². The first-order chi connectivity index (χ1) is 7.53. The number of sulfone groups is 1. The zero-order chi connectivity index (χ0) is 11.8. The molecule has 0 saturated carbocycles. The monoisotopic (exact) mass is 250 g/mol. The number of nitrogens with zero attached hydrogens (tertiary/aromatic N) is 1. The molecular weight excluding hydrogens is 232 g/mol. The first-order valence-corrected chi connectivity index (χ1v) is 7.31. The van der Waals surface area contributed by atoms with Crippen molar-refractivity contribution in [2.45, 2.75) is 18.2 Å². The molecule has 6 nitrogen and oxygen atoms in total. The molecule has 2 rings (SSSR count). The molecule has 0 radical (unpaired) electrons. The highest BCUT2D eigenvalue weighted by molar-refractivity contribution is 7.91. The molecular formula is C9H18N2O4S. The van der Waals surface area contributed by atoms with E-state index in [9.17, 15) is 13.5 Å². The summed E-state index contributed by atoms with van der Waals surface area (Å²) in [6, 6.07) is -0.121. The van der Waals surface area contributed by atoms with Gasteiger partial charge in [-0.05, 0) is 0 Å². The molecule has 0 amide bonds. The van der Waals surface area contributed by atoms with Gasteiger partial charge in [-0.25, -0.2) is 8.42 Å². The first-order valence-electron chi connectivity index (χ1n) is 5.49. The van der Waals surface area contributed by atoms with E-state index in [4.69, 9.17) is 5.11 Å². The topological polar surface area (TPSA) is 89.9 Å². The third kappa shape index (κ3) is 2.38. The second-order valence-electron chi connectivity index (χ2n) is 4.49. The molecule has 2 fully saturated rings. The summed E-state index contributed by atoms with van der Waals surface area (Å²) in [5, 5.41) is 21.9. The van der Waals surface area contributed by atoms with E-state index in [0.717, 1.165) is 13.1 Å². The van der Waals surface area contributed by atoms with Gasteiger partial charge in [-0.3, -0.25) is 4.90 Å². The molecule has 16 heavy (non-hydrogen) atoms. The lowest BCUT2D eigenvalue weighted by atomic mass is 10.1. The third-order valence-electron chi connectivity index (χ3n) is 3.31. The average Bonchev–Trinajstić information content (AvgIpc) is 2.36. The van der Waals surface area contributed by atoms with E-state index in [1.165, 1.54) is 0 Å².